The van der Waals surface area contributed by atoms with E-state index in [1.807, 2.05) is 0 Å². The van der Waals surface area contributed by atoms with Gasteiger partial charge in [-0.3, -0.25) is 4.79 Å². The van der Waals surface area contributed by atoms with Gasteiger partial charge in [0.1, 0.15) is 6.54 Å². The lowest BCUT2D eigenvalue weighted by atomic mass is 10.3. The van der Waals surface area contributed by atoms with Crippen molar-refractivity contribution in [2.75, 3.05) is 6.54 Å². The monoisotopic (exact) mass is 165 g/mol. The highest BCUT2D eigenvalue weighted by molar-refractivity contribution is 5.69. The minimum Gasteiger partial charge on any atom is -0.480 e. The van der Waals surface area contributed by atoms with Crippen molar-refractivity contribution in [3.8, 4) is 24.3 Å². The van der Waals surface area contributed by atoms with Crippen LogP contribution in [-0.2, 0) is 4.79 Å². The molecule has 3 nitrogen and oxygen atoms in total. The molecule has 0 saturated heterocycles. The van der Waals surface area contributed by atoms with E-state index < -0.39 is 5.97 Å². The Hall–Kier alpha value is -1.61. The number of aliphatic carboxylic acids is 1. The quantitative estimate of drug-likeness (QED) is 0.485. The van der Waals surface area contributed by atoms with E-state index in [0.29, 0.717) is 0 Å². The lowest BCUT2D eigenvalue weighted by molar-refractivity contribution is -0.137. The lowest BCUT2D eigenvalue weighted by Crippen LogP contribution is -2.32. The first-order chi connectivity index (χ1) is 5.61. The Morgan fingerprint density at radius 1 is 1.75 bits per heavy atom. The summed E-state index contributed by atoms with van der Waals surface area (Å²) in [4.78, 5) is 11.7. The highest BCUT2D eigenvalue weighted by atomic mass is 16.4. The largest absolute Gasteiger partial charge is 0.480 e. The van der Waals surface area contributed by atoms with E-state index in [9.17, 15) is 4.79 Å². The number of hydrogen-bond donors (Lipinski definition) is 1. The molecule has 3 heteroatoms. The first-order valence-corrected chi connectivity index (χ1v) is 3.48. The van der Waals surface area contributed by atoms with Crippen LogP contribution in [0.4, 0.5) is 0 Å². The van der Waals surface area contributed by atoms with Crippen molar-refractivity contribution in [3.05, 3.63) is 0 Å². The highest BCUT2D eigenvalue weighted by Gasteiger charge is 2.10. The SMILES string of the molecule is C#CC(C)N(C#CC)CC(=O)O. The van der Waals surface area contributed by atoms with Gasteiger partial charge in [0.05, 0.1) is 6.04 Å². The van der Waals surface area contributed by atoms with Gasteiger partial charge in [-0.1, -0.05) is 11.8 Å². The molecule has 12 heavy (non-hydrogen) atoms. The maximum Gasteiger partial charge on any atom is 0.323 e. The zero-order valence-electron chi connectivity index (χ0n) is 7.16. The van der Waals surface area contributed by atoms with E-state index in [2.05, 4.69) is 17.9 Å². The number of carboxylic acid groups (broad SMARTS) is 1. The molecule has 1 N–H and O–H groups in total. The summed E-state index contributed by atoms with van der Waals surface area (Å²) in [5, 5.41) is 8.48. The second kappa shape index (κ2) is 5.09. The predicted molar refractivity (Wildman–Crippen MR) is 46.1 cm³/mol. The average Bonchev–Trinajstić information content (AvgIpc) is 2.01. The van der Waals surface area contributed by atoms with Gasteiger partial charge in [0.25, 0.3) is 0 Å². The second-order valence-corrected chi connectivity index (χ2v) is 2.23. The van der Waals surface area contributed by atoms with Gasteiger partial charge < -0.3 is 10.0 Å². The molecule has 0 aromatic heterocycles. The summed E-state index contributed by atoms with van der Waals surface area (Å²) in [7, 11) is 0. The van der Waals surface area contributed by atoms with E-state index in [4.69, 9.17) is 11.5 Å². The summed E-state index contributed by atoms with van der Waals surface area (Å²) < 4.78 is 0. The van der Waals surface area contributed by atoms with Crippen molar-refractivity contribution in [1.29, 1.82) is 0 Å². The first-order valence-electron chi connectivity index (χ1n) is 3.48. The van der Waals surface area contributed by atoms with Gasteiger partial charge in [-0.15, -0.1) is 6.42 Å². The van der Waals surface area contributed by atoms with Gasteiger partial charge in [-0.2, -0.15) is 0 Å². The topological polar surface area (TPSA) is 40.5 Å². The van der Waals surface area contributed by atoms with Crippen LogP contribution in [0.3, 0.4) is 0 Å². The summed E-state index contributed by atoms with van der Waals surface area (Å²) in [5.41, 5.74) is 0. The van der Waals surface area contributed by atoms with Crippen LogP contribution in [-0.4, -0.2) is 28.6 Å². The zero-order valence-corrected chi connectivity index (χ0v) is 7.16. The summed E-state index contributed by atoms with van der Waals surface area (Å²) in [6, 6.07) is 2.35. The summed E-state index contributed by atoms with van der Waals surface area (Å²) >= 11 is 0. The maximum atomic E-state index is 10.3. The van der Waals surface area contributed by atoms with Crippen LogP contribution in [0.2, 0.25) is 0 Å². The summed E-state index contributed by atoms with van der Waals surface area (Å²) in [6.45, 7) is 3.22. The van der Waals surface area contributed by atoms with Crippen LogP contribution < -0.4 is 0 Å². The first kappa shape index (κ1) is 10.4. The molecule has 0 aromatic rings. The molecular weight excluding hydrogens is 154 g/mol. The van der Waals surface area contributed by atoms with Crippen LogP contribution in [0.1, 0.15) is 13.8 Å². The molecule has 0 aliphatic carbocycles. The molecule has 1 atom stereocenters. The minimum absolute atomic E-state index is 0.147. The number of hydrogen-bond acceptors (Lipinski definition) is 2. The Morgan fingerprint density at radius 2 is 2.33 bits per heavy atom. The van der Waals surface area contributed by atoms with Gasteiger partial charge in [-0.25, -0.2) is 0 Å². The van der Waals surface area contributed by atoms with Crippen LogP contribution in [0, 0.1) is 24.3 Å². The van der Waals surface area contributed by atoms with Crippen LogP contribution >= 0.6 is 0 Å². The third kappa shape index (κ3) is 3.53. The fraction of sp³-hybridized carbons (Fsp3) is 0.444. The molecule has 0 amide bonds. The third-order valence-corrected chi connectivity index (χ3v) is 1.27. The van der Waals surface area contributed by atoms with E-state index in [-0.39, 0.29) is 12.6 Å². The minimum atomic E-state index is -0.931. The van der Waals surface area contributed by atoms with E-state index in [0.717, 1.165) is 0 Å². The Kier molecular flexibility index (Phi) is 4.41. The van der Waals surface area contributed by atoms with E-state index in [1.54, 1.807) is 13.8 Å². The van der Waals surface area contributed by atoms with Crippen molar-refractivity contribution < 1.29 is 9.90 Å². The smallest absolute Gasteiger partial charge is 0.323 e. The van der Waals surface area contributed by atoms with Crippen molar-refractivity contribution in [1.82, 2.24) is 4.90 Å². The molecule has 0 aliphatic heterocycles. The van der Waals surface area contributed by atoms with Crippen LogP contribution in [0.5, 0.6) is 0 Å². The maximum absolute atomic E-state index is 10.3. The molecule has 0 heterocycles. The van der Waals surface area contributed by atoms with Crippen molar-refractivity contribution in [2.45, 2.75) is 19.9 Å². The normalized spacial score (nSPS) is 10.4. The molecule has 0 radical (unpaired) electrons. The van der Waals surface area contributed by atoms with E-state index in [1.165, 1.54) is 4.90 Å². The van der Waals surface area contributed by atoms with Crippen LogP contribution in [0.15, 0.2) is 0 Å². The predicted octanol–water partition coefficient (Wildman–Crippen LogP) is 0.376. The van der Waals surface area contributed by atoms with Gasteiger partial charge in [0.2, 0.25) is 0 Å². The molecule has 0 spiro atoms. The molecule has 1 unspecified atom stereocenters. The van der Waals surface area contributed by atoms with Crippen molar-refractivity contribution in [2.24, 2.45) is 0 Å². The lowest BCUT2D eigenvalue weighted by Gasteiger charge is -2.18. The molecule has 0 aromatic carbocycles. The standard InChI is InChI=1S/C9H11NO2/c1-4-6-10(7-9(11)12)8(3)5-2/h2,8H,7H2,1,3H3,(H,11,12). The van der Waals surface area contributed by atoms with E-state index >= 15 is 0 Å². The number of carboxylic acids is 1. The Bertz CT molecular complexity index is 254. The van der Waals surface area contributed by atoms with Gasteiger partial charge in [0.15, 0.2) is 0 Å². The number of terminal acetylenes is 1. The Labute approximate surface area is 72.4 Å². The van der Waals surface area contributed by atoms with Crippen molar-refractivity contribution in [3.63, 3.8) is 0 Å². The number of nitrogens with zero attached hydrogens (tertiary/aromatic N) is 1. The second-order valence-electron chi connectivity index (χ2n) is 2.23. The van der Waals surface area contributed by atoms with Crippen LogP contribution in [0.25, 0.3) is 0 Å². The Balaban J connectivity index is 4.31. The molecule has 0 fully saturated rings. The number of carbonyl (C=O) groups is 1. The molecule has 0 rings (SSSR count). The fourth-order valence-electron chi connectivity index (χ4n) is 0.653. The molecule has 0 saturated carbocycles. The van der Waals surface area contributed by atoms with Gasteiger partial charge in [-0.05, 0) is 13.8 Å². The number of rotatable bonds is 3. The summed E-state index contributed by atoms with van der Waals surface area (Å²) in [6.07, 6.45) is 5.13. The molecular formula is C9H11NO2. The van der Waals surface area contributed by atoms with Crippen molar-refractivity contribution >= 4 is 5.97 Å². The third-order valence-electron chi connectivity index (χ3n) is 1.27. The Morgan fingerprint density at radius 3 is 2.67 bits per heavy atom. The molecule has 0 bridgehead atoms. The summed E-state index contributed by atoms with van der Waals surface area (Å²) in [5.74, 6) is 4.09. The van der Waals surface area contributed by atoms with Gasteiger partial charge >= 0.3 is 5.97 Å². The van der Waals surface area contributed by atoms with Gasteiger partial charge in [0, 0.05) is 6.04 Å². The fourth-order valence-corrected chi connectivity index (χ4v) is 0.653. The molecule has 64 valence electrons. The average molecular weight is 165 g/mol. The molecule has 0 aliphatic rings. The highest BCUT2D eigenvalue weighted by Crippen LogP contribution is 1.94. The zero-order chi connectivity index (χ0) is 9.56.